The highest BCUT2D eigenvalue weighted by Crippen LogP contribution is 2.43. The third-order valence-electron chi connectivity index (χ3n) is 7.11. The second-order valence-electron chi connectivity index (χ2n) is 8.86. The van der Waals surface area contributed by atoms with Crippen LogP contribution in [0.25, 0.3) is 0 Å². The van der Waals surface area contributed by atoms with Gasteiger partial charge in [0, 0.05) is 37.9 Å². The van der Waals surface area contributed by atoms with Crippen molar-refractivity contribution in [2.24, 2.45) is 0 Å². The van der Waals surface area contributed by atoms with Crippen LogP contribution < -0.4 is 0 Å². The molecule has 1 aromatic carbocycles. The summed E-state index contributed by atoms with van der Waals surface area (Å²) in [5, 5.41) is 10.8. The number of nitrogens with zero attached hydrogens (tertiary/aromatic N) is 3. The average Bonchev–Trinajstić information content (AvgIpc) is 3.40. The summed E-state index contributed by atoms with van der Waals surface area (Å²) in [6, 6.07) is 6.87. The number of non-ortho nitro benzene ring substituents is 1. The van der Waals surface area contributed by atoms with Gasteiger partial charge in [0.2, 0.25) is 5.91 Å². The summed E-state index contributed by atoms with van der Waals surface area (Å²) in [5.74, 6) is 0.0799. The van der Waals surface area contributed by atoms with Crippen LogP contribution in [0.1, 0.15) is 50.5 Å². The number of likely N-dealkylation sites (N-methyl/N-ethyl adjacent to an activating group) is 1. The number of benzene rings is 1. The molecule has 1 amide bonds. The lowest BCUT2D eigenvalue weighted by atomic mass is 9.76. The molecule has 1 spiro atoms. The van der Waals surface area contributed by atoms with Crippen molar-refractivity contribution >= 4 is 11.6 Å². The fourth-order valence-electron chi connectivity index (χ4n) is 5.45. The predicted octanol–water partition coefficient (Wildman–Crippen LogP) is 3.16. The van der Waals surface area contributed by atoms with Crippen molar-refractivity contribution in [2.75, 3.05) is 26.7 Å². The normalized spacial score (nSPS) is 30.0. The Kier molecular flexibility index (Phi) is 5.88. The standard InChI is InChI=1S/C22H31N3O4/c1-23(21(26)15-17-5-7-18(8-6-17)25(27)28)19-9-11-22(10-4-14-29-22)16-20(19)24-12-2-3-13-24/h5-8,19-20H,2-4,9-16H2,1H3/t19-,20-,22+/m0/s1. The highest BCUT2D eigenvalue weighted by Gasteiger charge is 2.47. The smallest absolute Gasteiger partial charge is 0.269 e. The molecule has 0 N–H and O–H groups in total. The molecule has 4 rings (SSSR count). The lowest BCUT2D eigenvalue weighted by Crippen LogP contribution is -2.58. The molecule has 3 aliphatic rings. The average molecular weight is 402 g/mol. The Morgan fingerprint density at radius 3 is 2.59 bits per heavy atom. The number of nitro benzene ring substituents is 1. The van der Waals surface area contributed by atoms with Crippen LogP contribution in [-0.2, 0) is 16.0 Å². The summed E-state index contributed by atoms with van der Waals surface area (Å²) < 4.78 is 6.20. The summed E-state index contributed by atoms with van der Waals surface area (Å²) in [5.41, 5.74) is 0.890. The summed E-state index contributed by atoms with van der Waals surface area (Å²) in [4.78, 5) is 28.0. The maximum atomic E-state index is 13.0. The van der Waals surface area contributed by atoms with E-state index < -0.39 is 4.92 Å². The van der Waals surface area contributed by atoms with Gasteiger partial charge < -0.3 is 9.64 Å². The van der Waals surface area contributed by atoms with Crippen molar-refractivity contribution in [3.8, 4) is 0 Å². The number of carbonyl (C=O) groups is 1. The van der Waals surface area contributed by atoms with Gasteiger partial charge in [-0.05, 0) is 63.6 Å². The summed E-state index contributed by atoms with van der Waals surface area (Å²) >= 11 is 0. The number of nitro groups is 1. The Bertz CT molecular complexity index is 739. The maximum Gasteiger partial charge on any atom is 0.269 e. The number of ether oxygens (including phenoxy) is 1. The van der Waals surface area contributed by atoms with Crippen molar-refractivity contribution in [1.82, 2.24) is 9.80 Å². The van der Waals surface area contributed by atoms with Crippen LogP contribution in [0.5, 0.6) is 0 Å². The van der Waals surface area contributed by atoms with Crippen LogP contribution in [0.3, 0.4) is 0 Å². The minimum Gasteiger partial charge on any atom is -0.375 e. The van der Waals surface area contributed by atoms with Crippen molar-refractivity contribution in [3.63, 3.8) is 0 Å². The van der Waals surface area contributed by atoms with Gasteiger partial charge in [-0.2, -0.15) is 0 Å². The third kappa shape index (κ3) is 4.31. The van der Waals surface area contributed by atoms with Crippen molar-refractivity contribution in [3.05, 3.63) is 39.9 Å². The maximum absolute atomic E-state index is 13.0. The van der Waals surface area contributed by atoms with Crippen molar-refractivity contribution in [1.29, 1.82) is 0 Å². The number of hydrogen-bond donors (Lipinski definition) is 0. The molecular formula is C22H31N3O4. The first-order valence-electron chi connectivity index (χ1n) is 10.8. The number of likely N-dealkylation sites (tertiary alicyclic amines) is 1. The zero-order valence-electron chi connectivity index (χ0n) is 17.2. The molecule has 2 saturated heterocycles. The molecule has 7 heteroatoms. The van der Waals surface area contributed by atoms with Crippen LogP contribution in [0, 0.1) is 10.1 Å². The summed E-state index contributed by atoms with van der Waals surface area (Å²) in [7, 11) is 1.93. The van der Waals surface area contributed by atoms with Crippen LogP contribution in [-0.4, -0.2) is 65.1 Å². The van der Waals surface area contributed by atoms with E-state index in [1.165, 1.54) is 25.0 Å². The van der Waals surface area contributed by atoms with Gasteiger partial charge in [0.05, 0.1) is 16.9 Å². The van der Waals surface area contributed by atoms with E-state index in [4.69, 9.17) is 4.74 Å². The molecule has 7 nitrogen and oxygen atoms in total. The largest absolute Gasteiger partial charge is 0.375 e. The number of rotatable bonds is 5. The number of amides is 1. The predicted molar refractivity (Wildman–Crippen MR) is 110 cm³/mol. The first kappa shape index (κ1) is 20.3. The third-order valence-corrected chi connectivity index (χ3v) is 7.11. The lowest BCUT2D eigenvalue weighted by molar-refractivity contribution is -0.384. The van der Waals surface area contributed by atoms with Gasteiger partial charge in [-0.1, -0.05) is 12.1 Å². The zero-order chi connectivity index (χ0) is 20.4. The molecule has 2 heterocycles. The molecule has 1 aliphatic carbocycles. The van der Waals surface area contributed by atoms with Gasteiger partial charge >= 0.3 is 0 Å². The fourth-order valence-corrected chi connectivity index (χ4v) is 5.45. The monoisotopic (exact) mass is 401 g/mol. The van der Waals surface area contributed by atoms with E-state index in [1.807, 2.05) is 11.9 Å². The Labute approximate surface area is 172 Å². The van der Waals surface area contributed by atoms with Crippen molar-refractivity contribution in [2.45, 2.75) is 69.1 Å². The molecule has 29 heavy (non-hydrogen) atoms. The molecule has 3 atom stereocenters. The number of carbonyl (C=O) groups excluding carboxylic acids is 1. The van der Waals surface area contributed by atoms with E-state index >= 15 is 0 Å². The first-order chi connectivity index (χ1) is 14.0. The van der Waals surface area contributed by atoms with Gasteiger partial charge in [-0.25, -0.2) is 0 Å². The molecule has 3 fully saturated rings. The molecule has 158 valence electrons. The summed E-state index contributed by atoms with van der Waals surface area (Å²) in [6.07, 6.45) is 8.05. The molecule has 0 bridgehead atoms. The second-order valence-corrected chi connectivity index (χ2v) is 8.86. The van der Waals surface area contributed by atoms with Crippen LogP contribution in [0.4, 0.5) is 5.69 Å². The molecular weight excluding hydrogens is 370 g/mol. The molecule has 0 radical (unpaired) electrons. The molecule has 0 unspecified atom stereocenters. The molecule has 1 saturated carbocycles. The minimum atomic E-state index is -0.415. The molecule has 1 aromatic rings. The van der Waals surface area contributed by atoms with E-state index in [2.05, 4.69) is 4.90 Å². The number of hydrogen-bond acceptors (Lipinski definition) is 5. The highest BCUT2D eigenvalue weighted by molar-refractivity contribution is 5.79. The lowest BCUT2D eigenvalue weighted by Gasteiger charge is -2.48. The van der Waals surface area contributed by atoms with Gasteiger partial charge in [-0.3, -0.25) is 19.8 Å². The zero-order valence-corrected chi connectivity index (χ0v) is 17.2. The van der Waals surface area contributed by atoms with E-state index in [0.717, 1.165) is 57.4 Å². The molecule has 0 aromatic heterocycles. The Balaban J connectivity index is 1.45. The Morgan fingerprint density at radius 2 is 1.97 bits per heavy atom. The van der Waals surface area contributed by atoms with Crippen LogP contribution in [0.15, 0.2) is 24.3 Å². The Hall–Kier alpha value is -1.99. The van der Waals surface area contributed by atoms with E-state index in [1.54, 1.807) is 12.1 Å². The first-order valence-corrected chi connectivity index (χ1v) is 10.8. The van der Waals surface area contributed by atoms with Gasteiger partial charge in [0.15, 0.2) is 0 Å². The van der Waals surface area contributed by atoms with Crippen molar-refractivity contribution < 1.29 is 14.5 Å². The van der Waals surface area contributed by atoms with Crippen LogP contribution >= 0.6 is 0 Å². The molecule has 2 aliphatic heterocycles. The topological polar surface area (TPSA) is 75.9 Å². The Morgan fingerprint density at radius 1 is 1.24 bits per heavy atom. The summed E-state index contributed by atoms with van der Waals surface area (Å²) in [6.45, 7) is 3.09. The second kappa shape index (κ2) is 8.40. The SMILES string of the molecule is CN(C(=O)Cc1ccc([N+](=O)[O-])cc1)[C@H]1CC[C@]2(CCCO2)C[C@@H]1N1CCCC1. The minimum absolute atomic E-state index is 0.0199. The quantitative estimate of drug-likeness (QED) is 0.560. The van der Waals surface area contributed by atoms with Gasteiger partial charge in [-0.15, -0.1) is 0 Å². The van der Waals surface area contributed by atoms with E-state index in [9.17, 15) is 14.9 Å². The fraction of sp³-hybridized carbons (Fsp3) is 0.682. The van der Waals surface area contributed by atoms with Gasteiger partial charge in [0.25, 0.3) is 5.69 Å². The van der Waals surface area contributed by atoms with E-state index in [0.29, 0.717) is 6.04 Å². The highest BCUT2D eigenvalue weighted by atomic mass is 16.6. The van der Waals surface area contributed by atoms with E-state index in [-0.39, 0.29) is 29.7 Å². The van der Waals surface area contributed by atoms with Crippen LogP contribution in [0.2, 0.25) is 0 Å². The van der Waals surface area contributed by atoms with Gasteiger partial charge in [0.1, 0.15) is 0 Å².